The highest BCUT2D eigenvalue weighted by Crippen LogP contribution is 2.58. The van der Waals surface area contributed by atoms with Crippen LogP contribution in [0.3, 0.4) is 0 Å². The molecule has 4 aliphatic rings. The quantitative estimate of drug-likeness (QED) is 0.821. The van der Waals surface area contributed by atoms with Gasteiger partial charge in [-0.2, -0.15) is 0 Å². The highest BCUT2D eigenvalue weighted by molar-refractivity contribution is 5.83. The molecule has 1 aliphatic heterocycles. The van der Waals surface area contributed by atoms with Crippen LogP contribution in [0.4, 0.5) is 0 Å². The Bertz CT molecular complexity index is 433. The lowest BCUT2D eigenvalue weighted by Crippen LogP contribution is -2.58. The molecule has 3 heteroatoms. The van der Waals surface area contributed by atoms with Gasteiger partial charge in [-0.1, -0.05) is 20.3 Å². The number of hydrogen-bond acceptors (Lipinski definition) is 2. The summed E-state index contributed by atoms with van der Waals surface area (Å²) in [6.45, 7) is 5.46. The maximum absolute atomic E-state index is 12.8. The number of hydrogen-bond donors (Lipinski definition) is 2. The average Bonchev–Trinajstić information content (AvgIpc) is 3.09. The first-order chi connectivity index (χ1) is 10.1. The van der Waals surface area contributed by atoms with Crippen molar-refractivity contribution >= 4 is 5.91 Å². The lowest BCUT2D eigenvalue weighted by Gasteiger charge is -2.40. The second-order valence-electron chi connectivity index (χ2n) is 8.75. The largest absolute Gasteiger partial charge is 0.352 e. The Kier molecular flexibility index (Phi) is 3.33. The molecule has 3 aliphatic carbocycles. The molecule has 4 fully saturated rings. The van der Waals surface area contributed by atoms with Crippen molar-refractivity contribution in [1.29, 1.82) is 0 Å². The van der Waals surface area contributed by atoms with Gasteiger partial charge < -0.3 is 10.6 Å². The predicted octanol–water partition coefficient (Wildman–Crippen LogP) is 2.71. The van der Waals surface area contributed by atoms with E-state index in [9.17, 15) is 4.79 Å². The smallest absolute Gasteiger partial charge is 0.237 e. The summed E-state index contributed by atoms with van der Waals surface area (Å²) in [6.07, 6.45) is 9.30. The molecule has 2 bridgehead atoms. The summed E-state index contributed by atoms with van der Waals surface area (Å²) >= 11 is 0. The number of nitrogens with one attached hydrogen (secondary N) is 2. The van der Waals surface area contributed by atoms with Gasteiger partial charge in [0.25, 0.3) is 0 Å². The lowest BCUT2D eigenvalue weighted by molar-refractivity contribution is -0.128. The minimum atomic E-state index is 0.00440. The number of piperidine rings is 1. The van der Waals surface area contributed by atoms with Gasteiger partial charge in [0.1, 0.15) is 0 Å². The summed E-state index contributed by atoms with van der Waals surface area (Å²) in [5.74, 6) is 3.92. The average molecular weight is 290 g/mol. The van der Waals surface area contributed by atoms with E-state index in [0.29, 0.717) is 6.04 Å². The van der Waals surface area contributed by atoms with Gasteiger partial charge in [-0.25, -0.2) is 0 Å². The summed E-state index contributed by atoms with van der Waals surface area (Å²) in [4.78, 5) is 12.8. The van der Waals surface area contributed by atoms with Crippen LogP contribution in [0.2, 0.25) is 0 Å². The van der Waals surface area contributed by atoms with Crippen LogP contribution >= 0.6 is 0 Å². The fourth-order valence-corrected chi connectivity index (χ4v) is 6.16. The Morgan fingerprint density at radius 1 is 1.10 bits per heavy atom. The third-order valence-electron chi connectivity index (χ3n) is 7.15. The van der Waals surface area contributed by atoms with Crippen molar-refractivity contribution < 1.29 is 4.79 Å². The van der Waals surface area contributed by atoms with Crippen LogP contribution in [0.25, 0.3) is 0 Å². The van der Waals surface area contributed by atoms with Crippen LogP contribution < -0.4 is 10.6 Å². The van der Waals surface area contributed by atoms with E-state index in [-0.39, 0.29) is 17.4 Å². The van der Waals surface area contributed by atoms with E-state index in [1.165, 1.54) is 38.5 Å². The zero-order valence-corrected chi connectivity index (χ0v) is 13.5. The normalized spacial score (nSPS) is 47.3. The fourth-order valence-electron chi connectivity index (χ4n) is 6.16. The van der Waals surface area contributed by atoms with Crippen molar-refractivity contribution in [2.24, 2.45) is 29.1 Å². The Morgan fingerprint density at radius 2 is 1.90 bits per heavy atom. The monoisotopic (exact) mass is 290 g/mol. The lowest BCUT2D eigenvalue weighted by atomic mass is 9.76. The maximum Gasteiger partial charge on any atom is 0.237 e. The van der Waals surface area contributed by atoms with Gasteiger partial charge in [0.05, 0.1) is 6.04 Å². The van der Waals surface area contributed by atoms with E-state index in [4.69, 9.17) is 0 Å². The molecule has 2 N–H and O–H groups in total. The van der Waals surface area contributed by atoms with Crippen molar-refractivity contribution in [2.75, 3.05) is 6.54 Å². The molecule has 1 amide bonds. The standard InChI is InChI=1S/C18H30N2O/c1-18(2)7-4-8-19-16(18)17(21)20-15-10-11-9-14(15)13-6-3-5-12(11)13/h11-16,19H,3-10H2,1-2H3,(H,20,21). The molecule has 0 aromatic rings. The van der Waals surface area contributed by atoms with E-state index in [0.717, 1.165) is 36.6 Å². The highest BCUT2D eigenvalue weighted by Gasteiger charge is 2.54. The van der Waals surface area contributed by atoms with Crippen molar-refractivity contribution in [3.05, 3.63) is 0 Å². The van der Waals surface area contributed by atoms with E-state index in [1.54, 1.807) is 0 Å². The molecule has 1 saturated heterocycles. The number of fused-ring (bicyclic) bond motifs is 5. The van der Waals surface area contributed by atoms with Crippen molar-refractivity contribution in [1.82, 2.24) is 10.6 Å². The molecule has 3 saturated carbocycles. The van der Waals surface area contributed by atoms with Crippen molar-refractivity contribution in [3.63, 3.8) is 0 Å². The topological polar surface area (TPSA) is 41.1 Å². The molecule has 118 valence electrons. The Morgan fingerprint density at radius 3 is 2.71 bits per heavy atom. The summed E-state index contributed by atoms with van der Waals surface area (Å²) in [5, 5.41) is 6.91. The fraction of sp³-hybridized carbons (Fsp3) is 0.944. The summed E-state index contributed by atoms with van der Waals surface area (Å²) < 4.78 is 0. The predicted molar refractivity (Wildman–Crippen MR) is 83.8 cm³/mol. The Hall–Kier alpha value is -0.570. The molecule has 6 unspecified atom stereocenters. The van der Waals surface area contributed by atoms with Crippen LogP contribution in [-0.4, -0.2) is 24.5 Å². The molecule has 4 rings (SSSR count). The third kappa shape index (κ3) is 2.23. The Balaban J connectivity index is 1.41. The molecule has 0 aromatic carbocycles. The van der Waals surface area contributed by atoms with E-state index < -0.39 is 0 Å². The zero-order chi connectivity index (χ0) is 14.6. The van der Waals surface area contributed by atoms with E-state index >= 15 is 0 Å². The van der Waals surface area contributed by atoms with Crippen LogP contribution in [0.5, 0.6) is 0 Å². The first-order valence-corrected chi connectivity index (χ1v) is 9.10. The van der Waals surface area contributed by atoms with Crippen LogP contribution in [0.1, 0.15) is 58.8 Å². The second kappa shape index (κ2) is 4.97. The zero-order valence-electron chi connectivity index (χ0n) is 13.5. The van der Waals surface area contributed by atoms with Crippen molar-refractivity contribution in [3.8, 4) is 0 Å². The molecular weight excluding hydrogens is 260 g/mol. The van der Waals surface area contributed by atoms with Crippen LogP contribution in [0, 0.1) is 29.1 Å². The van der Waals surface area contributed by atoms with Gasteiger partial charge in [-0.05, 0) is 74.2 Å². The first-order valence-electron chi connectivity index (χ1n) is 9.10. The molecule has 0 radical (unpaired) electrons. The maximum atomic E-state index is 12.8. The van der Waals surface area contributed by atoms with E-state index in [1.807, 2.05) is 0 Å². The van der Waals surface area contributed by atoms with Gasteiger partial charge in [-0.15, -0.1) is 0 Å². The second-order valence-corrected chi connectivity index (χ2v) is 8.75. The third-order valence-corrected chi connectivity index (χ3v) is 7.15. The number of carbonyl (C=O) groups is 1. The van der Waals surface area contributed by atoms with E-state index in [2.05, 4.69) is 24.5 Å². The molecule has 0 spiro atoms. The molecule has 1 heterocycles. The number of carbonyl (C=O) groups excluding carboxylic acids is 1. The summed E-state index contributed by atoms with van der Waals surface area (Å²) in [6, 6.07) is 0.478. The highest BCUT2D eigenvalue weighted by atomic mass is 16.2. The minimum Gasteiger partial charge on any atom is -0.352 e. The summed E-state index contributed by atoms with van der Waals surface area (Å²) in [5.41, 5.74) is 0.0931. The van der Waals surface area contributed by atoms with Gasteiger partial charge in [-0.3, -0.25) is 4.79 Å². The van der Waals surface area contributed by atoms with Gasteiger partial charge in [0, 0.05) is 6.04 Å². The molecule has 21 heavy (non-hydrogen) atoms. The molecule has 6 atom stereocenters. The van der Waals surface area contributed by atoms with Gasteiger partial charge in [0.2, 0.25) is 5.91 Å². The first kappa shape index (κ1) is 14.0. The minimum absolute atomic E-state index is 0.00440. The van der Waals surface area contributed by atoms with Crippen LogP contribution in [0.15, 0.2) is 0 Å². The van der Waals surface area contributed by atoms with Gasteiger partial charge in [0.15, 0.2) is 0 Å². The SMILES string of the molecule is CC1(C)CCCNC1C(=O)NC1CC2CC1C1CCCC21. The number of rotatable bonds is 2. The molecule has 3 nitrogen and oxygen atoms in total. The summed E-state index contributed by atoms with van der Waals surface area (Å²) in [7, 11) is 0. The van der Waals surface area contributed by atoms with Crippen LogP contribution in [-0.2, 0) is 4.79 Å². The Labute approximate surface area is 128 Å². The molecular formula is C18H30N2O. The molecule has 0 aromatic heterocycles. The number of amides is 1. The van der Waals surface area contributed by atoms with Crippen molar-refractivity contribution in [2.45, 2.75) is 70.9 Å². The van der Waals surface area contributed by atoms with Gasteiger partial charge >= 0.3 is 0 Å².